The van der Waals surface area contributed by atoms with Crippen LogP contribution in [0, 0.1) is 11.3 Å². The van der Waals surface area contributed by atoms with E-state index in [2.05, 4.69) is 21.4 Å². The fourth-order valence-corrected chi connectivity index (χ4v) is 3.19. The minimum absolute atomic E-state index is 0.0381. The van der Waals surface area contributed by atoms with Gasteiger partial charge in [-0.15, -0.1) is 0 Å². The molecule has 7 nitrogen and oxygen atoms in total. The Hall–Kier alpha value is -2.88. The normalized spacial score (nSPS) is 19.6. The van der Waals surface area contributed by atoms with Crippen LogP contribution in [-0.2, 0) is 11.8 Å². The summed E-state index contributed by atoms with van der Waals surface area (Å²) in [4.78, 5) is 23.0. The molecular formula is C18H22N6O. The Labute approximate surface area is 147 Å². The van der Waals surface area contributed by atoms with Gasteiger partial charge < -0.3 is 14.8 Å². The number of hydrogen-bond donors (Lipinski definition) is 1. The van der Waals surface area contributed by atoms with Crippen molar-refractivity contribution in [3.63, 3.8) is 0 Å². The topological polar surface area (TPSA) is 86.8 Å². The minimum Gasteiger partial charge on any atom is -0.365 e. The van der Waals surface area contributed by atoms with E-state index >= 15 is 0 Å². The van der Waals surface area contributed by atoms with E-state index in [1.807, 2.05) is 29.6 Å². The molecule has 2 aromatic rings. The number of nitrogens with zero attached hydrogens (tertiary/aromatic N) is 5. The second-order valence-electron chi connectivity index (χ2n) is 6.41. The van der Waals surface area contributed by atoms with Crippen LogP contribution in [0.4, 0.5) is 5.82 Å². The number of aromatic nitrogens is 3. The largest absolute Gasteiger partial charge is 0.365 e. The third-order valence-corrected chi connectivity index (χ3v) is 4.47. The summed E-state index contributed by atoms with van der Waals surface area (Å²) in [5.41, 5.74) is 1.50. The lowest BCUT2D eigenvalue weighted by atomic mass is 10.0. The molecule has 0 bridgehead atoms. The smallest absolute Gasteiger partial charge is 0.222 e. The molecule has 0 aliphatic carbocycles. The van der Waals surface area contributed by atoms with Crippen LogP contribution in [0.5, 0.6) is 0 Å². The van der Waals surface area contributed by atoms with Gasteiger partial charge in [-0.3, -0.25) is 4.79 Å². The molecule has 1 aliphatic heterocycles. The van der Waals surface area contributed by atoms with Crippen LogP contribution in [-0.4, -0.2) is 44.5 Å². The maximum absolute atomic E-state index is 12.3. The van der Waals surface area contributed by atoms with E-state index in [1.54, 1.807) is 24.7 Å². The van der Waals surface area contributed by atoms with Crippen LogP contribution in [0.15, 0.2) is 30.9 Å². The van der Waals surface area contributed by atoms with Crippen molar-refractivity contribution in [1.82, 2.24) is 19.4 Å². The van der Waals surface area contributed by atoms with Crippen molar-refractivity contribution in [3.8, 4) is 6.07 Å². The van der Waals surface area contributed by atoms with E-state index in [-0.39, 0.29) is 17.9 Å². The van der Waals surface area contributed by atoms with Crippen LogP contribution in [0.1, 0.15) is 36.9 Å². The number of carbonyl (C=O) groups is 1. The molecule has 1 aliphatic rings. The van der Waals surface area contributed by atoms with Crippen molar-refractivity contribution in [2.45, 2.75) is 31.7 Å². The standard InChI is InChI=1S/C18H22N6O/c1-3-4-18(25)24-9-14(15-10-23(2)12-21-15)16(11-24)22-17-6-5-13(7-19)8-20-17/h5-6,8,10,12,14,16H,3-4,9,11H2,1-2H3,(H,20,22)/t14-,16+/m0/s1. The van der Waals surface area contributed by atoms with Gasteiger partial charge in [-0.1, -0.05) is 6.92 Å². The summed E-state index contributed by atoms with van der Waals surface area (Å²) in [6.45, 7) is 3.30. The van der Waals surface area contributed by atoms with Crippen molar-refractivity contribution in [1.29, 1.82) is 5.26 Å². The molecule has 130 valence electrons. The molecule has 1 amide bonds. The summed E-state index contributed by atoms with van der Waals surface area (Å²) in [5.74, 6) is 0.995. The lowest BCUT2D eigenvalue weighted by Crippen LogP contribution is -2.31. The fourth-order valence-electron chi connectivity index (χ4n) is 3.19. The summed E-state index contributed by atoms with van der Waals surface area (Å²) in [7, 11) is 1.94. The molecule has 7 heteroatoms. The van der Waals surface area contributed by atoms with Gasteiger partial charge in [-0.25, -0.2) is 9.97 Å². The predicted octanol–water partition coefficient (Wildman–Crippen LogP) is 1.89. The predicted molar refractivity (Wildman–Crippen MR) is 93.8 cm³/mol. The number of nitrogens with one attached hydrogen (secondary N) is 1. The molecule has 0 aromatic carbocycles. The van der Waals surface area contributed by atoms with E-state index in [4.69, 9.17) is 5.26 Å². The lowest BCUT2D eigenvalue weighted by Gasteiger charge is -2.18. The Morgan fingerprint density at radius 2 is 2.24 bits per heavy atom. The van der Waals surface area contributed by atoms with Crippen LogP contribution < -0.4 is 5.32 Å². The fraction of sp³-hybridized carbons (Fsp3) is 0.444. The van der Waals surface area contributed by atoms with Gasteiger partial charge in [0.15, 0.2) is 0 Å². The monoisotopic (exact) mass is 338 g/mol. The Morgan fingerprint density at radius 1 is 1.40 bits per heavy atom. The van der Waals surface area contributed by atoms with Crippen molar-refractivity contribution in [3.05, 3.63) is 42.1 Å². The van der Waals surface area contributed by atoms with Gasteiger partial charge in [0.25, 0.3) is 0 Å². The SMILES string of the molecule is CCCC(=O)N1C[C@@H](Nc2ccc(C#N)cn2)[C@H](c2cn(C)cn2)C1. The zero-order valence-electron chi connectivity index (χ0n) is 14.5. The molecule has 25 heavy (non-hydrogen) atoms. The Morgan fingerprint density at radius 3 is 2.84 bits per heavy atom. The molecule has 0 unspecified atom stereocenters. The van der Waals surface area contributed by atoms with Gasteiger partial charge in [0.1, 0.15) is 11.9 Å². The maximum atomic E-state index is 12.3. The highest BCUT2D eigenvalue weighted by molar-refractivity contribution is 5.76. The number of likely N-dealkylation sites (tertiary alicyclic amines) is 1. The van der Waals surface area contributed by atoms with Gasteiger partial charge in [0.2, 0.25) is 5.91 Å². The third-order valence-electron chi connectivity index (χ3n) is 4.47. The molecule has 0 radical (unpaired) electrons. The molecule has 1 N–H and O–H groups in total. The number of nitriles is 1. The second-order valence-corrected chi connectivity index (χ2v) is 6.41. The quantitative estimate of drug-likeness (QED) is 0.899. The van der Waals surface area contributed by atoms with Crippen molar-refractivity contribution in [2.75, 3.05) is 18.4 Å². The van der Waals surface area contributed by atoms with E-state index in [0.29, 0.717) is 30.9 Å². The molecule has 3 heterocycles. The Kier molecular flexibility index (Phi) is 4.98. The summed E-state index contributed by atoms with van der Waals surface area (Å²) in [6.07, 6.45) is 6.74. The van der Waals surface area contributed by atoms with Crippen molar-refractivity contribution >= 4 is 11.7 Å². The highest BCUT2D eigenvalue weighted by Gasteiger charge is 2.37. The second kappa shape index (κ2) is 7.34. The number of anilines is 1. The van der Waals surface area contributed by atoms with Crippen molar-refractivity contribution in [2.24, 2.45) is 7.05 Å². The average Bonchev–Trinajstić information content (AvgIpc) is 3.22. The van der Waals surface area contributed by atoms with Crippen molar-refractivity contribution < 1.29 is 4.79 Å². The van der Waals surface area contributed by atoms with E-state index in [1.165, 1.54) is 0 Å². The van der Waals surface area contributed by atoms with Gasteiger partial charge >= 0.3 is 0 Å². The third kappa shape index (κ3) is 3.79. The number of hydrogen-bond acceptors (Lipinski definition) is 5. The van der Waals surface area contributed by atoms with Gasteiger partial charge in [0, 0.05) is 44.9 Å². The Balaban J connectivity index is 1.79. The number of aryl methyl sites for hydroxylation is 1. The number of carbonyl (C=O) groups excluding carboxylic acids is 1. The van der Waals surface area contributed by atoms with E-state index in [9.17, 15) is 4.79 Å². The lowest BCUT2D eigenvalue weighted by molar-refractivity contribution is -0.130. The van der Waals surface area contributed by atoms with Crippen LogP contribution in [0.25, 0.3) is 0 Å². The number of rotatable bonds is 5. The first-order valence-corrected chi connectivity index (χ1v) is 8.49. The minimum atomic E-state index is 0.0381. The van der Waals surface area contributed by atoms with Crippen LogP contribution in [0.3, 0.4) is 0 Å². The summed E-state index contributed by atoms with van der Waals surface area (Å²) in [5, 5.41) is 12.3. The molecule has 2 atom stereocenters. The molecule has 1 saturated heterocycles. The summed E-state index contributed by atoms with van der Waals surface area (Å²) < 4.78 is 1.92. The first-order valence-electron chi connectivity index (χ1n) is 8.49. The average molecular weight is 338 g/mol. The zero-order valence-corrected chi connectivity index (χ0v) is 14.5. The van der Waals surface area contributed by atoms with E-state index in [0.717, 1.165) is 12.1 Å². The van der Waals surface area contributed by atoms with Gasteiger partial charge in [-0.2, -0.15) is 5.26 Å². The highest BCUT2D eigenvalue weighted by atomic mass is 16.2. The Bertz CT molecular complexity index is 776. The molecule has 1 fully saturated rings. The maximum Gasteiger partial charge on any atom is 0.222 e. The molecule has 0 saturated carbocycles. The molecule has 0 spiro atoms. The van der Waals surface area contributed by atoms with Gasteiger partial charge in [-0.05, 0) is 18.6 Å². The highest BCUT2D eigenvalue weighted by Crippen LogP contribution is 2.29. The van der Waals surface area contributed by atoms with E-state index < -0.39 is 0 Å². The molecule has 3 rings (SSSR count). The molecular weight excluding hydrogens is 316 g/mol. The summed E-state index contributed by atoms with van der Waals surface area (Å²) in [6, 6.07) is 5.64. The van der Waals surface area contributed by atoms with Crippen LogP contribution >= 0.6 is 0 Å². The number of amides is 1. The van der Waals surface area contributed by atoms with Crippen LogP contribution in [0.2, 0.25) is 0 Å². The number of pyridine rings is 1. The number of imidazole rings is 1. The summed E-state index contributed by atoms with van der Waals surface area (Å²) >= 11 is 0. The first kappa shape index (κ1) is 17.0. The van der Waals surface area contributed by atoms with Gasteiger partial charge in [0.05, 0.1) is 23.6 Å². The molecule has 2 aromatic heterocycles. The zero-order chi connectivity index (χ0) is 17.8. The first-order chi connectivity index (χ1) is 12.1.